The van der Waals surface area contributed by atoms with E-state index in [4.69, 9.17) is 5.73 Å². The second-order valence-corrected chi connectivity index (χ2v) is 3.44. The largest absolute Gasteiger partial charge is 0.322 e. The van der Waals surface area contributed by atoms with E-state index in [9.17, 15) is 4.79 Å². The minimum Gasteiger partial charge on any atom is -0.322 e. The van der Waals surface area contributed by atoms with E-state index < -0.39 is 0 Å². The van der Waals surface area contributed by atoms with Crippen molar-refractivity contribution in [2.24, 2.45) is 5.73 Å². The molecule has 2 aromatic rings. The Morgan fingerprint density at radius 1 is 1.47 bits per heavy atom. The highest BCUT2D eigenvalue weighted by Crippen LogP contribution is 2.18. The molecule has 1 amide bonds. The average molecular weight is 203 g/mol. The van der Waals surface area contributed by atoms with Crippen molar-refractivity contribution in [3.05, 3.63) is 36.0 Å². The van der Waals surface area contributed by atoms with E-state index >= 15 is 0 Å². The first kappa shape index (κ1) is 9.73. The number of hydrogen-bond donors (Lipinski definition) is 2. The number of aryl methyl sites for hydroxylation is 1. The van der Waals surface area contributed by atoms with Crippen molar-refractivity contribution in [3.63, 3.8) is 0 Å². The van der Waals surface area contributed by atoms with Gasteiger partial charge in [-0.1, -0.05) is 18.2 Å². The molecule has 0 radical (unpaired) electrons. The van der Waals surface area contributed by atoms with Gasteiger partial charge in [0.2, 0.25) is 0 Å². The Morgan fingerprint density at radius 2 is 2.20 bits per heavy atom. The molecular weight excluding hydrogens is 190 g/mol. The molecule has 0 aliphatic heterocycles. The first-order valence-electron chi connectivity index (χ1n) is 4.79. The van der Waals surface area contributed by atoms with Crippen LogP contribution in [0.3, 0.4) is 0 Å². The number of carbonyl (C=O) groups excluding carboxylic acids is 1. The number of fused-ring (bicyclic) bond motifs is 1. The summed E-state index contributed by atoms with van der Waals surface area (Å²) >= 11 is 0. The molecule has 1 aromatic heterocycles. The summed E-state index contributed by atoms with van der Waals surface area (Å²) in [5.74, 6) is -0.198. The number of rotatable bonds is 2. The normalized spacial score (nSPS) is 10.5. The van der Waals surface area contributed by atoms with Gasteiger partial charge < -0.3 is 5.73 Å². The molecule has 0 aliphatic rings. The van der Waals surface area contributed by atoms with Crippen LogP contribution < -0.4 is 11.2 Å². The lowest BCUT2D eigenvalue weighted by atomic mass is 10.2. The van der Waals surface area contributed by atoms with Crippen molar-refractivity contribution >= 4 is 16.8 Å². The topological polar surface area (TPSA) is 60.0 Å². The van der Waals surface area contributed by atoms with Gasteiger partial charge in [-0.2, -0.15) is 0 Å². The summed E-state index contributed by atoms with van der Waals surface area (Å²) in [7, 11) is 0. The highest BCUT2D eigenvalue weighted by Gasteiger charge is 2.05. The summed E-state index contributed by atoms with van der Waals surface area (Å²) in [6.45, 7) is 2.00. The summed E-state index contributed by atoms with van der Waals surface area (Å²) in [6.07, 6.45) is 1.89. The van der Waals surface area contributed by atoms with E-state index in [1.54, 1.807) is 4.68 Å². The first-order valence-corrected chi connectivity index (χ1v) is 4.79. The SMILES string of the molecule is Cc1cn(NC(=O)CN)c2ccccc12. The lowest BCUT2D eigenvalue weighted by molar-refractivity contribution is -0.115. The molecule has 1 aromatic carbocycles. The Bertz CT molecular complexity index is 502. The van der Waals surface area contributed by atoms with Crippen LogP contribution >= 0.6 is 0 Å². The fraction of sp³-hybridized carbons (Fsp3) is 0.182. The van der Waals surface area contributed by atoms with Gasteiger partial charge in [-0.05, 0) is 18.6 Å². The lowest BCUT2D eigenvalue weighted by Gasteiger charge is -2.05. The van der Waals surface area contributed by atoms with Gasteiger partial charge in [0.1, 0.15) is 0 Å². The predicted molar refractivity (Wildman–Crippen MR) is 60.1 cm³/mol. The minimum absolute atomic E-state index is 0.00838. The zero-order valence-corrected chi connectivity index (χ0v) is 8.53. The number of benzene rings is 1. The maximum Gasteiger partial charge on any atom is 0.252 e. The number of hydrogen-bond acceptors (Lipinski definition) is 2. The summed E-state index contributed by atoms with van der Waals surface area (Å²) in [5, 5.41) is 1.13. The van der Waals surface area contributed by atoms with Crippen LogP contribution in [0.5, 0.6) is 0 Å². The molecule has 0 fully saturated rings. The van der Waals surface area contributed by atoms with E-state index in [2.05, 4.69) is 5.43 Å². The monoisotopic (exact) mass is 203 g/mol. The molecule has 0 unspecified atom stereocenters. The van der Waals surface area contributed by atoms with Crippen molar-refractivity contribution in [3.8, 4) is 0 Å². The number of amides is 1. The molecule has 1 heterocycles. The number of aromatic nitrogens is 1. The second-order valence-electron chi connectivity index (χ2n) is 3.44. The Balaban J connectivity index is 2.48. The zero-order chi connectivity index (χ0) is 10.8. The molecule has 0 spiro atoms. The summed E-state index contributed by atoms with van der Waals surface area (Å²) in [5.41, 5.74) is 10.1. The fourth-order valence-electron chi connectivity index (χ4n) is 1.62. The molecule has 0 saturated carbocycles. The van der Waals surface area contributed by atoms with E-state index in [1.807, 2.05) is 37.4 Å². The number of nitrogens with zero attached hydrogens (tertiary/aromatic N) is 1. The van der Waals surface area contributed by atoms with Gasteiger partial charge in [0.25, 0.3) is 5.91 Å². The van der Waals surface area contributed by atoms with Gasteiger partial charge in [-0.3, -0.25) is 14.9 Å². The van der Waals surface area contributed by atoms with Crippen molar-refractivity contribution < 1.29 is 4.79 Å². The van der Waals surface area contributed by atoms with Crippen LogP contribution in [0.15, 0.2) is 30.5 Å². The Labute approximate surface area is 87.6 Å². The van der Waals surface area contributed by atoms with Gasteiger partial charge in [0.15, 0.2) is 0 Å². The molecule has 0 saturated heterocycles. The molecule has 4 nitrogen and oxygen atoms in total. The van der Waals surface area contributed by atoms with Crippen LogP contribution in [-0.4, -0.2) is 17.1 Å². The Morgan fingerprint density at radius 3 is 2.93 bits per heavy atom. The molecule has 0 bridgehead atoms. The number of carbonyl (C=O) groups is 1. The average Bonchev–Trinajstić information content (AvgIpc) is 2.57. The second kappa shape index (κ2) is 3.74. The molecule has 0 aliphatic carbocycles. The predicted octanol–water partition coefficient (Wildman–Crippen LogP) is 0.979. The standard InChI is InChI=1S/C11H13N3O/c1-8-7-14(13-11(15)6-12)10-5-3-2-4-9(8)10/h2-5,7H,6,12H2,1H3,(H,13,15). The zero-order valence-electron chi connectivity index (χ0n) is 8.53. The van der Waals surface area contributed by atoms with E-state index in [1.165, 1.54) is 0 Å². The first-order chi connectivity index (χ1) is 7.22. The van der Waals surface area contributed by atoms with Crippen molar-refractivity contribution in [1.29, 1.82) is 0 Å². The Hall–Kier alpha value is -1.81. The summed E-state index contributed by atoms with van der Waals surface area (Å²) < 4.78 is 1.71. The van der Waals surface area contributed by atoms with Crippen LogP contribution in [0.2, 0.25) is 0 Å². The van der Waals surface area contributed by atoms with E-state index in [-0.39, 0.29) is 12.5 Å². The van der Waals surface area contributed by atoms with Crippen LogP contribution in [0.4, 0.5) is 0 Å². The number of nitrogens with two attached hydrogens (primary N) is 1. The van der Waals surface area contributed by atoms with Gasteiger partial charge >= 0.3 is 0 Å². The molecule has 0 atom stereocenters. The maximum absolute atomic E-state index is 11.2. The van der Waals surface area contributed by atoms with Gasteiger partial charge in [-0.15, -0.1) is 0 Å². The van der Waals surface area contributed by atoms with Crippen LogP contribution in [0.25, 0.3) is 10.9 Å². The molecule has 2 rings (SSSR count). The van der Waals surface area contributed by atoms with Crippen molar-refractivity contribution in [2.45, 2.75) is 6.92 Å². The molecule has 15 heavy (non-hydrogen) atoms. The molecule has 3 N–H and O–H groups in total. The van der Waals surface area contributed by atoms with Gasteiger partial charge in [0, 0.05) is 11.6 Å². The Kier molecular flexibility index (Phi) is 2.43. The summed E-state index contributed by atoms with van der Waals surface area (Å²) in [4.78, 5) is 11.2. The number of para-hydroxylation sites is 1. The summed E-state index contributed by atoms with van der Waals surface area (Å²) in [6, 6.07) is 7.90. The quantitative estimate of drug-likeness (QED) is 0.764. The van der Waals surface area contributed by atoms with Crippen molar-refractivity contribution in [1.82, 2.24) is 4.68 Å². The minimum atomic E-state index is -0.198. The van der Waals surface area contributed by atoms with Gasteiger partial charge in [-0.25, -0.2) is 0 Å². The third-order valence-corrected chi connectivity index (χ3v) is 2.34. The third-order valence-electron chi connectivity index (χ3n) is 2.34. The van der Waals surface area contributed by atoms with Crippen LogP contribution in [-0.2, 0) is 4.79 Å². The fourth-order valence-corrected chi connectivity index (χ4v) is 1.62. The molecule has 78 valence electrons. The highest BCUT2D eigenvalue weighted by molar-refractivity contribution is 5.90. The maximum atomic E-state index is 11.2. The van der Waals surface area contributed by atoms with E-state index in [0.29, 0.717) is 0 Å². The van der Waals surface area contributed by atoms with Crippen molar-refractivity contribution in [2.75, 3.05) is 12.0 Å². The third kappa shape index (κ3) is 1.71. The van der Waals surface area contributed by atoms with Gasteiger partial charge in [0.05, 0.1) is 12.1 Å². The number of nitrogens with one attached hydrogen (secondary N) is 1. The molecule has 4 heteroatoms. The smallest absolute Gasteiger partial charge is 0.252 e. The highest BCUT2D eigenvalue weighted by atomic mass is 16.2. The van der Waals surface area contributed by atoms with Crippen LogP contribution in [0.1, 0.15) is 5.56 Å². The molecular formula is C11H13N3O. The lowest BCUT2D eigenvalue weighted by Crippen LogP contribution is -2.28. The van der Waals surface area contributed by atoms with Crippen LogP contribution in [0, 0.1) is 6.92 Å². The van der Waals surface area contributed by atoms with E-state index in [0.717, 1.165) is 16.5 Å².